The van der Waals surface area contributed by atoms with E-state index in [2.05, 4.69) is 122 Å². The Balaban J connectivity index is 1.31. The number of ether oxygens (including phenoxy) is 2. The molecule has 0 radical (unpaired) electrons. The van der Waals surface area contributed by atoms with E-state index in [1.165, 1.54) is 27.0 Å². The Kier molecular flexibility index (Phi) is 7.45. The second-order valence-corrected chi connectivity index (χ2v) is 12.3. The van der Waals surface area contributed by atoms with Crippen molar-refractivity contribution < 1.29 is 9.47 Å². The van der Waals surface area contributed by atoms with Gasteiger partial charge in [0.2, 0.25) is 0 Å². The van der Waals surface area contributed by atoms with E-state index in [0.717, 1.165) is 11.5 Å². The van der Waals surface area contributed by atoms with E-state index in [4.69, 9.17) is 9.47 Å². The fourth-order valence-electron chi connectivity index (χ4n) is 4.51. The summed E-state index contributed by atoms with van der Waals surface area (Å²) >= 11 is 0. The highest BCUT2D eigenvalue weighted by atomic mass is 31.2. The molecule has 0 saturated carbocycles. The summed E-state index contributed by atoms with van der Waals surface area (Å²) in [5.74, 6) is 1.77. The topological polar surface area (TPSA) is 18.5 Å². The lowest BCUT2D eigenvalue weighted by Gasteiger charge is -2.25. The van der Waals surface area contributed by atoms with E-state index in [9.17, 15) is 0 Å². The van der Waals surface area contributed by atoms with Gasteiger partial charge >= 0.3 is 0 Å². The monoisotopic (exact) mass is 489 g/mol. The van der Waals surface area contributed by atoms with Gasteiger partial charge in [-0.05, 0) is 59.7 Å². The second-order valence-electron chi connectivity index (χ2n) is 8.73. The molecule has 0 spiro atoms. The second kappa shape index (κ2) is 11.2. The van der Waals surface area contributed by atoms with E-state index in [1.807, 2.05) is 24.3 Å². The van der Waals surface area contributed by atoms with E-state index in [0.29, 0.717) is 13.2 Å². The maximum Gasteiger partial charge on any atom is 0.162 e. The molecule has 5 aromatic rings. The van der Waals surface area contributed by atoms with Gasteiger partial charge in [0.25, 0.3) is 0 Å². The third-order valence-corrected chi connectivity index (χ3v) is 10.5. The van der Waals surface area contributed by atoms with Crippen molar-refractivity contribution in [3.8, 4) is 22.6 Å². The largest absolute Gasteiger partial charge is 0.490 e. The van der Waals surface area contributed by atoms with Crippen LogP contribution >= 0.6 is 7.26 Å². The van der Waals surface area contributed by atoms with Crippen molar-refractivity contribution in [2.75, 3.05) is 19.9 Å². The van der Waals surface area contributed by atoms with Crippen molar-refractivity contribution in [2.45, 2.75) is 0 Å². The van der Waals surface area contributed by atoms with Crippen molar-refractivity contribution in [3.05, 3.63) is 140 Å². The molecule has 5 aromatic carbocycles. The maximum absolute atomic E-state index is 6.34. The minimum atomic E-state index is -1.87. The zero-order valence-electron chi connectivity index (χ0n) is 20.5. The average Bonchev–Trinajstić information content (AvgIpc) is 2.97. The first-order valence-electron chi connectivity index (χ1n) is 12.2. The molecule has 0 heterocycles. The molecule has 0 saturated heterocycles. The molecule has 0 unspecified atom stereocenters. The summed E-state index contributed by atoms with van der Waals surface area (Å²) in [6, 6.07) is 48.6. The lowest BCUT2D eigenvalue weighted by molar-refractivity contribution is 0.218. The molecule has 2 nitrogen and oxygen atoms in total. The summed E-state index contributed by atoms with van der Waals surface area (Å²) in [4.78, 5) is 0. The molecule has 0 aliphatic heterocycles. The molecule has 0 bridgehead atoms. The van der Waals surface area contributed by atoms with Gasteiger partial charge in [-0.2, -0.15) is 0 Å². The van der Waals surface area contributed by atoms with Crippen LogP contribution < -0.4 is 25.4 Å². The summed E-state index contributed by atoms with van der Waals surface area (Å²) in [7, 11) is -1.87. The van der Waals surface area contributed by atoms with Crippen molar-refractivity contribution in [3.63, 3.8) is 0 Å². The number of hydrogen-bond acceptors (Lipinski definition) is 2. The molecule has 0 aliphatic carbocycles. The Labute approximate surface area is 214 Å². The smallest absolute Gasteiger partial charge is 0.162 e. The highest BCUT2D eigenvalue weighted by Crippen LogP contribution is 2.53. The molecular formula is C33H30O2P+. The van der Waals surface area contributed by atoms with Crippen molar-refractivity contribution in [1.29, 1.82) is 0 Å². The highest BCUT2D eigenvalue weighted by Gasteiger charge is 2.42. The van der Waals surface area contributed by atoms with Gasteiger partial charge in [-0.15, -0.1) is 0 Å². The van der Waals surface area contributed by atoms with E-state index >= 15 is 0 Å². The zero-order valence-corrected chi connectivity index (χ0v) is 21.4. The normalized spacial score (nSPS) is 11.1. The first-order chi connectivity index (χ1) is 17.7. The number of rotatable bonds is 9. The molecule has 178 valence electrons. The molecule has 36 heavy (non-hydrogen) atoms. The van der Waals surface area contributed by atoms with Crippen LogP contribution in [0.5, 0.6) is 11.5 Å². The van der Waals surface area contributed by atoms with Crippen molar-refractivity contribution in [2.24, 2.45) is 0 Å². The molecule has 0 atom stereocenters. The average molecular weight is 490 g/mol. The molecule has 0 amide bonds. The van der Waals surface area contributed by atoms with Crippen LogP contribution in [0.4, 0.5) is 0 Å². The Hall–Kier alpha value is -3.87. The standard InChI is InChI=1S/C33H30O2P/c1-36(30-15-7-3-8-16-30,31-17-9-4-10-18-31)33-20-12-11-19-32(33)35-26-25-34-29-23-21-28(22-24-29)27-13-5-2-6-14-27/h2-24H,25-26H2,1H3/q+1. The maximum atomic E-state index is 6.34. The van der Waals surface area contributed by atoms with Gasteiger partial charge in [0.15, 0.2) is 5.75 Å². The Morgan fingerprint density at radius 3 is 1.56 bits per heavy atom. The highest BCUT2D eigenvalue weighted by molar-refractivity contribution is 7.95. The molecule has 0 fully saturated rings. The third-order valence-electron chi connectivity index (χ3n) is 6.46. The van der Waals surface area contributed by atoms with Crippen LogP contribution in [0, 0.1) is 0 Å². The van der Waals surface area contributed by atoms with Crippen LogP contribution in [-0.4, -0.2) is 19.9 Å². The predicted octanol–water partition coefficient (Wildman–Crippen LogP) is 6.74. The lowest BCUT2D eigenvalue weighted by Crippen LogP contribution is -2.31. The summed E-state index contributed by atoms with van der Waals surface area (Å²) in [6.45, 7) is 3.33. The number of benzene rings is 5. The Bertz CT molecular complexity index is 1330. The number of para-hydroxylation sites is 1. The first kappa shape index (κ1) is 23.9. The Morgan fingerprint density at radius 2 is 0.944 bits per heavy atom. The zero-order chi connectivity index (χ0) is 24.6. The van der Waals surface area contributed by atoms with Crippen LogP contribution in [0.25, 0.3) is 11.1 Å². The predicted molar refractivity (Wildman–Crippen MR) is 154 cm³/mol. The summed E-state index contributed by atoms with van der Waals surface area (Å²) < 4.78 is 12.3. The summed E-state index contributed by atoms with van der Waals surface area (Å²) in [5.41, 5.74) is 2.38. The van der Waals surface area contributed by atoms with Crippen LogP contribution in [0.3, 0.4) is 0 Å². The van der Waals surface area contributed by atoms with Crippen LogP contribution in [-0.2, 0) is 0 Å². The molecule has 0 aliphatic rings. The summed E-state index contributed by atoms with van der Waals surface area (Å²) in [5, 5.41) is 3.92. The van der Waals surface area contributed by atoms with Gasteiger partial charge in [0, 0.05) is 0 Å². The molecule has 5 rings (SSSR count). The molecular weight excluding hydrogens is 459 g/mol. The summed E-state index contributed by atoms with van der Waals surface area (Å²) in [6.07, 6.45) is 0. The SMILES string of the molecule is C[P+](c1ccccc1)(c1ccccc1)c1ccccc1OCCOc1ccc(-c2ccccc2)cc1. The van der Waals surface area contributed by atoms with Crippen LogP contribution in [0.1, 0.15) is 0 Å². The van der Waals surface area contributed by atoms with Gasteiger partial charge in [0.05, 0.1) is 6.66 Å². The van der Waals surface area contributed by atoms with E-state index in [1.54, 1.807) is 0 Å². The van der Waals surface area contributed by atoms with Gasteiger partial charge in [0.1, 0.15) is 42.1 Å². The minimum absolute atomic E-state index is 0.473. The molecule has 3 heteroatoms. The van der Waals surface area contributed by atoms with Gasteiger partial charge in [-0.25, -0.2) is 0 Å². The third kappa shape index (κ3) is 5.20. The van der Waals surface area contributed by atoms with Gasteiger partial charge in [-0.3, -0.25) is 0 Å². The van der Waals surface area contributed by atoms with Crippen LogP contribution in [0.2, 0.25) is 0 Å². The first-order valence-corrected chi connectivity index (χ1v) is 14.5. The minimum Gasteiger partial charge on any atom is -0.490 e. The van der Waals surface area contributed by atoms with Gasteiger partial charge < -0.3 is 9.47 Å². The fourth-order valence-corrected chi connectivity index (χ4v) is 7.87. The lowest BCUT2D eigenvalue weighted by atomic mass is 10.1. The quantitative estimate of drug-likeness (QED) is 0.169. The van der Waals surface area contributed by atoms with Crippen LogP contribution in [0.15, 0.2) is 140 Å². The van der Waals surface area contributed by atoms with Gasteiger partial charge in [-0.1, -0.05) is 91.0 Å². The van der Waals surface area contributed by atoms with Crippen molar-refractivity contribution in [1.82, 2.24) is 0 Å². The van der Waals surface area contributed by atoms with E-state index in [-0.39, 0.29) is 0 Å². The molecule has 0 N–H and O–H groups in total. The fraction of sp³-hybridized carbons (Fsp3) is 0.0909. The molecule has 0 aromatic heterocycles. The number of hydrogen-bond donors (Lipinski definition) is 0. The Morgan fingerprint density at radius 1 is 0.472 bits per heavy atom. The van der Waals surface area contributed by atoms with E-state index < -0.39 is 7.26 Å². The van der Waals surface area contributed by atoms with Crippen molar-refractivity contribution >= 4 is 23.2 Å².